The first-order valence-electron chi connectivity index (χ1n) is 16.6. The summed E-state index contributed by atoms with van der Waals surface area (Å²) in [5, 5.41) is 0. The molecule has 0 saturated heterocycles. The first kappa shape index (κ1) is 31.3. The van der Waals surface area contributed by atoms with E-state index in [4.69, 9.17) is 0 Å². The van der Waals surface area contributed by atoms with Crippen LogP contribution in [0.5, 0.6) is 0 Å². The Bertz CT molecular complexity index is 1960. The lowest BCUT2D eigenvalue weighted by Crippen LogP contribution is -2.56. The zero-order valence-electron chi connectivity index (χ0n) is 28.0. The van der Waals surface area contributed by atoms with Gasteiger partial charge in [0.1, 0.15) is 5.82 Å². The number of halogens is 1. The van der Waals surface area contributed by atoms with E-state index in [0.717, 1.165) is 44.6 Å². The van der Waals surface area contributed by atoms with Crippen LogP contribution >= 0.6 is 0 Å². The Kier molecular flexibility index (Phi) is 7.87. The van der Waals surface area contributed by atoms with E-state index in [0.29, 0.717) is 12.0 Å². The third-order valence-electron chi connectivity index (χ3n) is 10.3. The molecule has 0 bridgehead atoms. The number of carbonyl (C=O) groups is 1. The van der Waals surface area contributed by atoms with Crippen molar-refractivity contribution in [3.05, 3.63) is 208 Å². The lowest BCUT2D eigenvalue weighted by atomic mass is 9.61. The molecule has 6 aromatic rings. The molecule has 0 fully saturated rings. The summed E-state index contributed by atoms with van der Waals surface area (Å²) >= 11 is 0. The van der Waals surface area contributed by atoms with Gasteiger partial charge in [-0.25, -0.2) is 4.39 Å². The molecule has 6 aromatic carbocycles. The van der Waals surface area contributed by atoms with Gasteiger partial charge in [-0.1, -0.05) is 140 Å². The van der Waals surface area contributed by atoms with Gasteiger partial charge in [0.25, 0.3) is 5.91 Å². The molecule has 2 nitrogen and oxygen atoms in total. The molecule has 0 spiro atoms. The molecule has 1 aliphatic heterocycles. The van der Waals surface area contributed by atoms with Gasteiger partial charge in [-0.3, -0.25) is 4.79 Å². The predicted molar refractivity (Wildman–Crippen MR) is 194 cm³/mol. The van der Waals surface area contributed by atoms with Crippen LogP contribution in [0.2, 0.25) is 0 Å². The fourth-order valence-corrected chi connectivity index (χ4v) is 8.12. The minimum atomic E-state index is -0.652. The first-order valence-corrected chi connectivity index (χ1v) is 16.6. The van der Waals surface area contributed by atoms with Crippen molar-refractivity contribution in [1.82, 2.24) is 0 Å². The number of fused-ring (bicyclic) bond motifs is 1. The molecule has 7 rings (SSSR count). The van der Waals surface area contributed by atoms with Crippen molar-refractivity contribution < 1.29 is 9.18 Å². The molecular weight excluding hydrogens is 589 g/mol. The average Bonchev–Trinajstić information content (AvgIpc) is 3.10. The van der Waals surface area contributed by atoms with Gasteiger partial charge in [0, 0.05) is 22.2 Å². The van der Waals surface area contributed by atoms with Crippen LogP contribution in [0.4, 0.5) is 10.1 Å². The van der Waals surface area contributed by atoms with Crippen molar-refractivity contribution in [3.63, 3.8) is 0 Å². The number of benzene rings is 6. The molecule has 1 atom stereocenters. The second-order valence-electron chi connectivity index (χ2n) is 13.9. The highest BCUT2D eigenvalue weighted by Gasteiger charge is 2.49. The van der Waals surface area contributed by atoms with Crippen LogP contribution < -0.4 is 4.90 Å². The Labute approximate surface area is 283 Å². The maximum absolute atomic E-state index is 14.5. The van der Waals surface area contributed by atoms with E-state index in [2.05, 4.69) is 130 Å². The van der Waals surface area contributed by atoms with E-state index in [1.54, 1.807) is 12.1 Å². The molecule has 0 saturated carbocycles. The highest BCUT2D eigenvalue weighted by Crippen LogP contribution is 2.54. The van der Waals surface area contributed by atoms with E-state index >= 15 is 0 Å². The number of rotatable bonds is 6. The van der Waals surface area contributed by atoms with Crippen molar-refractivity contribution in [2.24, 2.45) is 0 Å². The molecule has 1 aliphatic rings. The molecule has 1 heterocycles. The van der Waals surface area contributed by atoms with E-state index in [-0.39, 0.29) is 11.7 Å². The predicted octanol–water partition coefficient (Wildman–Crippen LogP) is 10.7. The maximum atomic E-state index is 14.5. The molecule has 48 heavy (non-hydrogen) atoms. The lowest BCUT2D eigenvalue weighted by molar-refractivity contribution is 0.0948. The van der Waals surface area contributed by atoms with Crippen LogP contribution in [0.1, 0.15) is 76.5 Å². The fraction of sp³-hybridized carbons (Fsp3) is 0.178. The Balaban J connectivity index is 1.55. The van der Waals surface area contributed by atoms with Crippen LogP contribution in [0.25, 0.3) is 0 Å². The summed E-state index contributed by atoms with van der Waals surface area (Å²) in [5.74, 6) is -0.297. The van der Waals surface area contributed by atoms with E-state index < -0.39 is 16.4 Å². The van der Waals surface area contributed by atoms with Crippen LogP contribution in [0.3, 0.4) is 0 Å². The Morgan fingerprint density at radius 3 is 1.62 bits per heavy atom. The molecule has 0 aromatic heterocycles. The highest BCUT2D eigenvalue weighted by atomic mass is 19.1. The minimum Gasteiger partial charge on any atom is -0.302 e. The average molecular weight is 630 g/mol. The molecule has 0 N–H and O–H groups in total. The third-order valence-corrected chi connectivity index (χ3v) is 10.3. The largest absolute Gasteiger partial charge is 0.302 e. The van der Waals surface area contributed by atoms with E-state index in [1.165, 1.54) is 0 Å². The van der Waals surface area contributed by atoms with Crippen LogP contribution in [-0.2, 0) is 10.8 Å². The van der Waals surface area contributed by atoms with Crippen LogP contribution in [0, 0.1) is 12.7 Å². The summed E-state index contributed by atoms with van der Waals surface area (Å²) in [4.78, 5) is 16.5. The number of amides is 1. The maximum Gasteiger partial charge on any atom is 0.258 e. The second-order valence-corrected chi connectivity index (χ2v) is 13.9. The van der Waals surface area contributed by atoms with Crippen LogP contribution in [-0.4, -0.2) is 11.4 Å². The van der Waals surface area contributed by atoms with Crippen molar-refractivity contribution in [1.29, 1.82) is 0 Å². The summed E-state index contributed by atoms with van der Waals surface area (Å²) in [5.41, 5.74) is 7.51. The molecule has 1 amide bonds. The third kappa shape index (κ3) is 5.15. The van der Waals surface area contributed by atoms with Gasteiger partial charge in [-0.15, -0.1) is 0 Å². The van der Waals surface area contributed by atoms with Crippen molar-refractivity contribution in [2.45, 2.75) is 50.5 Å². The van der Waals surface area contributed by atoms with Gasteiger partial charge in [-0.05, 0) is 90.9 Å². The summed E-state index contributed by atoms with van der Waals surface area (Å²) in [7, 11) is 0. The fourth-order valence-electron chi connectivity index (χ4n) is 8.12. The van der Waals surface area contributed by atoms with Crippen LogP contribution in [0.15, 0.2) is 158 Å². The Hall–Kier alpha value is -5.28. The zero-order chi connectivity index (χ0) is 33.5. The Morgan fingerprint density at radius 1 is 0.625 bits per heavy atom. The zero-order valence-corrected chi connectivity index (χ0v) is 28.0. The smallest absolute Gasteiger partial charge is 0.258 e. The SMILES string of the molecule is Cc1ccc(C(=O)N2c3ccc(C(c4ccccc4)(c4ccccc4)c4ccccc4)cc3C(C)(c3ccc(F)cc3)CC2(C)C)cc1. The van der Waals surface area contributed by atoms with Gasteiger partial charge in [0.2, 0.25) is 0 Å². The monoisotopic (exact) mass is 629 g/mol. The normalized spacial score (nSPS) is 17.1. The minimum absolute atomic E-state index is 0.0319. The summed E-state index contributed by atoms with van der Waals surface area (Å²) in [6.45, 7) is 8.55. The van der Waals surface area contributed by atoms with Crippen molar-refractivity contribution >= 4 is 11.6 Å². The number of hydrogen-bond donors (Lipinski definition) is 0. The molecule has 0 aliphatic carbocycles. The summed E-state index contributed by atoms with van der Waals surface area (Å²) in [6, 6.07) is 53.3. The Morgan fingerprint density at radius 2 is 1.12 bits per heavy atom. The van der Waals surface area contributed by atoms with Gasteiger partial charge in [0.05, 0.1) is 5.41 Å². The molecule has 1 unspecified atom stereocenters. The molecule has 238 valence electrons. The van der Waals surface area contributed by atoms with E-state index in [9.17, 15) is 9.18 Å². The quantitative estimate of drug-likeness (QED) is 0.168. The number of hydrogen-bond acceptors (Lipinski definition) is 1. The summed E-state index contributed by atoms with van der Waals surface area (Å²) in [6.07, 6.45) is 0.648. The first-order chi connectivity index (χ1) is 23.1. The highest BCUT2D eigenvalue weighted by molar-refractivity contribution is 6.08. The topological polar surface area (TPSA) is 20.3 Å². The second kappa shape index (κ2) is 12.1. The van der Waals surface area contributed by atoms with Gasteiger partial charge in [-0.2, -0.15) is 0 Å². The van der Waals surface area contributed by atoms with Crippen molar-refractivity contribution in [2.75, 3.05) is 4.90 Å². The standard InChI is InChI=1S/C45H40FNO/c1-32-20-22-33(23-21-32)42(48)47-41-29-26-38(30-40(41)44(4,31-43(47,2)3)34-24-27-39(46)28-25-34)45(35-14-8-5-9-15-35,36-16-10-6-11-17-36)37-18-12-7-13-19-37/h5-30H,31H2,1-4H3. The van der Waals surface area contributed by atoms with Gasteiger partial charge >= 0.3 is 0 Å². The summed E-state index contributed by atoms with van der Waals surface area (Å²) < 4.78 is 14.3. The number of nitrogens with zero attached hydrogens (tertiary/aromatic N) is 1. The van der Waals surface area contributed by atoms with Crippen molar-refractivity contribution in [3.8, 4) is 0 Å². The molecule has 3 heteroatoms. The van der Waals surface area contributed by atoms with E-state index in [1.807, 2.05) is 48.2 Å². The van der Waals surface area contributed by atoms with Gasteiger partial charge < -0.3 is 4.90 Å². The lowest BCUT2D eigenvalue weighted by Gasteiger charge is -2.52. The number of aryl methyl sites for hydroxylation is 1. The molecule has 0 radical (unpaired) electrons. The van der Waals surface area contributed by atoms with Gasteiger partial charge in [0.15, 0.2) is 0 Å². The number of anilines is 1. The number of carbonyl (C=O) groups excluding carboxylic acids is 1. The molecular formula is C45H40FNO.